The lowest BCUT2D eigenvalue weighted by atomic mass is 9.93. The highest BCUT2D eigenvalue weighted by Crippen LogP contribution is 2.20. The van der Waals surface area contributed by atoms with E-state index < -0.39 is 0 Å². The molecule has 1 N–H and O–H groups in total. The minimum Gasteiger partial charge on any atom is -0.316 e. The zero-order valence-electron chi connectivity index (χ0n) is 12.3. The van der Waals surface area contributed by atoms with Gasteiger partial charge in [0, 0.05) is 6.54 Å². The van der Waals surface area contributed by atoms with Crippen molar-refractivity contribution in [1.82, 2.24) is 15.1 Å². The Morgan fingerprint density at radius 2 is 1.94 bits per heavy atom. The number of likely N-dealkylation sites (tertiary alicyclic amines) is 1. The molecular formula is C15H31N3. The molecule has 0 saturated carbocycles. The molecule has 2 aliphatic rings. The van der Waals surface area contributed by atoms with Gasteiger partial charge in [-0.1, -0.05) is 0 Å². The molecule has 106 valence electrons. The van der Waals surface area contributed by atoms with E-state index in [0.29, 0.717) is 0 Å². The molecular weight excluding hydrogens is 222 g/mol. The predicted octanol–water partition coefficient (Wildman–Crippen LogP) is 1.65. The maximum absolute atomic E-state index is 3.52. The van der Waals surface area contributed by atoms with Crippen LogP contribution in [0.1, 0.15) is 32.1 Å². The van der Waals surface area contributed by atoms with E-state index in [1.807, 2.05) is 0 Å². The molecule has 2 rings (SSSR count). The summed E-state index contributed by atoms with van der Waals surface area (Å²) in [5.74, 6) is 1.87. The van der Waals surface area contributed by atoms with Crippen molar-refractivity contribution in [3.05, 3.63) is 0 Å². The van der Waals surface area contributed by atoms with Crippen LogP contribution in [0.25, 0.3) is 0 Å². The highest BCUT2D eigenvalue weighted by Gasteiger charge is 2.18. The first-order valence-corrected chi connectivity index (χ1v) is 7.82. The Kier molecular flexibility index (Phi) is 5.93. The molecule has 18 heavy (non-hydrogen) atoms. The van der Waals surface area contributed by atoms with Crippen LogP contribution in [0.2, 0.25) is 0 Å². The van der Waals surface area contributed by atoms with Gasteiger partial charge in [0.25, 0.3) is 0 Å². The van der Waals surface area contributed by atoms with Gasteiger partial charge in [0.15, 0.2) is 0 Å². The Bertz CT molecular complexity index is 218. The number of nitrogens with one attached hydrogen (secondary N) is 1. The number of piperidine rings is 2. The van der Waals surface area contributed by atoms with Gasteiger partial charge in [-0.3, -0.25) is 0 Å². The third kappa shape index (κ3) is 4.87. The Balaban J connectivity index is 1.57. The first-order valence-electron chi connectivity index (χ1n) is 7.82. The predicted molar refractivity (Wildman–Crippen MR) is 77.9 cm³/mol. The van der Waals surface area contributed by atoms with Crippen LogP contribution in [-0.4, -0.2) is 63.2 Å². The van der Waals surface area contributed by atoms with Crippen molar-refractivity contribution < 1.29 is 0 Å². The zero-order chi connectivity index (χ0) is 12.8. The maximum atomic E-state index is 3.52. The Morgan fingerprint density at radius 1 is 1.17 bits per heavy atom. The largest absolute Gasteiger partial charge is 0.316 e. The molecule has 2 saturated heterocycles. The van der Waals surface area contributed by atoms with Crippen LogP contribution in [0.4, 0.5) is 0 Å². The molecule has 0 radical (unpaired) electrons. The molecule has 1 unspecified atom stereocenters. The van der Waals surface area contributed by atoms with E-state index in [0.717, 1.165) is 11.8 Å². The molecule has 0 amide bonds. The number of rotatable bonds is 5. The topological polar surface area (TPSA) is 18.5 Å². The fraction of sp³-hybridized carbons (Fsp3) is 1.00. The first-order chi connectivity index (χ1) is 8.74. The van der Waals surface area contributed by atoms with Crippen molar-refractivity contribution in [1.29, 1.82) is 0 Å². The van der Waals surface area contributed by atoms with E-state index in [2.05, 4.69) is 29.2 Å². The molecule has 3 heteroatoms. The number of nitrogens with zero attached hydrogens (tertiary/aromatic N) is 2. The third-order valence-electron chi connectivity index (χ3n) is 4.73. The highest BCUT2D eigenvalue weighted by atomic mass is 15.1. The van der Waals surface area contributed by atoms with Crippen molar-refractivity contribution >= 4 is 0 Å². The van der Waals surface area contributed by atoms with Crippen LogP contribution < -0.4 is 5.32 Å². The van der Waals surface area contributed by atoms with E-state index in [9.17, 15) is 0 Å². The smallest absolute Gasteiger partial charge is 0.00187 e. The molecule has 2 heterocycles. The van der Waals surface area contributed by atoms with Crippen LogP contribution in [0.5, 0.6) is 0 Å². The van der Waals surface area contributed by atoms with Gasteiger partial charge >= 0.3 is 0 Å². The fourth-order valence-electron chi connectivity index (χ4n) is 3.37. The van der Waals surface area contributed by atoms with Crippen molar-refractivity contribution in [2.75, 3.05) is 53.4 Å². The van der Waals surface area contributed by atoms with Gasteiger partial charge in [-0.25, -0.2) is 0 Å². The molecule has 0 spiro atoms. The van der Waals surface area contributed by atoms with E-state index >= 15 is 0 Å². The summed E-state index contributed by atoms with van der Waals surface area (Å²) in [5.41, 5.74) is 0. The Labute approximate surface area is 113 Å². The van der Waals surface area contributed by atoms with E-state index in [1.165, 1.54) is 71.4 Å². The molecule has 0 aromatic rings. The van der Waals surface area contributed by atoms with Gasteiger partial charge in [0.1, 0.15) is 0 Å². The summed E-state index contributed by atoms with van der Waals surface area (Å²) in [7, 11) is 4.56. The average Bonchev–Trinajstić information content (AvgIpc) is 2.39. The van der Waals surface area contributed by atoms with Gasteiger partial charge in [0.2, 0.25) is 0 Å². The van der Waals surface area contributed by atoms with Crippen molar-refractivity contribution in [3.8, 4) is 0 Å². The maximum Gasteiger partial charge on any atom is 0.00187 e. The quantitative estimate of drug-likeness (QED) is 0.804. The fourth-order valence-corrected chi connectivity index (χ4v) is 3.37. The molecule has 1 atom stereocenters. The van der Waals surface area contributed by atoms with Crippen LogP contribution in [0.3, 0.4) is 0 Å². The second-order valence-corrected chi connectivity index (χ2v) is 6.51. The van der Waals surface area contributed by atoms with Gasteiger partial charge in [0.05, 0.1) is 0 Å². The van der Waals surface area contributed by atoms with Crippen molar-refractivity contribution in [2.24, 2.45) is 11.8 Å². The lowest BCUT2D eigenvalue weighted by Gasteiger charge is -2.31. The average molecular weight is 253 g/mol. The minimum absolute atomic E-state index is 0.890. The monoisotopic (exact) mass is 253 g/mol. The van der Waals surface area contributed by atoms with E-state index in [4.69, 9.17) is 0 Å². The lowest BCUT2D eigenvalue weighted by Crippen LogP contribution is -2.38. The minimum atomic E-state index is 0.890. The molecule has 0 aromatic carbocycles. The zero-order valence-corrected chi connectivity index (χ0v) is 12.3. The van der Waals surface area contributed by atoms with Gasteiger partial charge in [-0.2, -0.15) is 0 Å². The number of hydrogen-bond donors (Lipinski definition) is 1. The van der Waals surface area contributed by atoms with Crippen LogP contribution in [0.15, 0.2) is 0 Å². The molecule has 0 bridgehead atoms. The summed E-state index contributed by atoms with van der Waals surface area (Å²) >= 11 is 0. The molecule has 3 nitrogen and oxygen atoms in total. The van der Waals surface area contributed by atoms with Gasteiger partial charge < -0.3 is 15.1 Å². The van der Waals surface area contributed by atoms with Crippen LogP contribution in [-0.2, 0) is 0 Å². The van der Waals surface area contributed by atoms with Crippen molar-refractivity contribution in [3.63, 3.8) is 0 Å². The SMILES string of the molecule is CN1CCC(CCN(C)CC2CCCNC2)CC1. The summed E-state index contributed by atoms with van der Waals surface area (Å²) in [4.78, 5) is 5.03. The summed E-state index contributed by atoms with van der Waals surface area (Å²) in [5, 5.41) is 3.52. The van der Waals surface area contributed by atoms with Gasteiger partial charge in [-0.15, -0.1) is 0 Å². The summed E-state index contributed by atoms with van der Waals surface area (Å²) < 4.78 is 0. The normalized spacial score (nSPS) is 27.8. The summed E-state index contributed by atoms with van der Waals surface area (Å²) in [6.45, 7) is 7.67. The molecule has 0 aromatic heterocycles. The number of hydrogen-bond acceptors (Lipinski definition) is 3. The molecule has 2 aliphatic heterocycles. The van der Waals surface area contributed by atoms with E-state index in [-0.39, 0.29) is 0 Å². The van der Waals surface area contributed by atoms with Crippen LogP contribution in [0, 0.1) is 11.8 Å². The second kappa shape index (κ2) is 7.46. The molecule has 0 aliphatic carbocycles. The first kappa shape index (κ1) is 14.3. The highest BCUT2D eigenvalue weighted by molar-refractivity contribution is 4.74. The Morgan fingerprint density at radius 3 is 2.61 bits per heavy atom. The lowest BCUT2D eigenvalue weighted by molar-refractivity contribution is 0.184. The van der Waals surface area contributed by atoms with E-state index in [1.54, 1.807) is 0 Å². The summed E-state index contributed by atoms with van der Waals surface area (Å²) in [6, 6.07) is 0. The molecule has 2 fully saturated rings. The second-order valence-electron chi connectivity index (χ2n) is 6.51. The third-order valence-corrected chi connectivity index (χ3v) is 4.73. The Hall–Kier alpha value is -0.120. The standard InChI is InChI=1S/C15H31N3/c1-17-9-5-14(6-10-17)7-11-18(2)13-15-4-3-8-16-12-15/h14-16H,3-13H2,1-2H3. The van der Waals surface area contributed by atoms with Crippen molar-refractivity contribution in [2.45, 2.75) is 32.1 Å². The van der Waals surface area contributed by atoms with Gasteiger partial charge in [-0.05, 0) is 90.8 Å². The summed E-state index contributed by atoms with van der Waals surface area (Å²) in [6.07, 6.45) is 7.02. The van der Waals surface area contributed by atoms with Crippen LogP contribution >= 0.6 is 0 Å².